The Bertz CT molecular complexity index is 2630. The van der Waals surface area contributed by atoms with E-state index in [2.05, 4.69) is 42.2 Å². The molecule has 0 fully saturated rings. The van der Waals surface area contributed by atoms with Gasteiger partial charge in [-0.3, -0.25) is 43.3 Å². The molecule has 5 unspecified atom stereocenters. The Balaban J connectivity index is 1.38. The molecular formula is C49H56N8O16. The molecule has 5 atom stereocenters. The Hall–Kier alpha value is -8.96. The lowest BCUT2D eigenvalue weighted by atomic mass is 10.0. The van der Waals surface area contributed by atoms with E-state index in [0.717, 1.165) is 16.3 Å². The quantitative estimate of drug-likeness (QED) is 0.0330. The number of aromatic nitrogens is 1. The number of pyridine rings is 1. The van der Waals surface area contributed by atoms with E-state index in [1.54, 1.807) is 0 Å². The predicted octanol–water partition coefficient (Wildman–Crippen LogP) is 1.56. The lowest BCUT2D eigenvalue weighted by Gasteiger charge is -2.23. The van der Waals surface area contributed by atoms with Crippen molar-refractivity contribution in [3.05, 3.63) is 114 Å². The lowest BCUT2D eigenvalue weighted by Crippen LogP contribution is -2.53. The number of hydrogen-bond acceptors (Lipinski definition) is 12. The average molecular weight is 1010 g/mol. The van der Waals surface area contributed by atoms with Gasteiger partial charge in [-0.05, 0) is 84.7 Å². The van der Waals surface area contributed by atoms with Gasteiger partial charge in [-0.1, -0.05) is 54.6 Å². The maximum atomic E-state index is 13.7. The van der Waals surface area contributed by atoms with Gasteiger partial charge in [0.05, 0.1) is 0 Å². The van der Waals surface area contributed by atoms with Gasteiger partial charge < -0.3 is 62.8 Å². The maximum absolute atomic E-state index is 13.7. The third-order valence-corrected chi connectivity index (χ3v) is 11.1. The number of unbranched alkanes of at least 4 members (excludes halogenated alkanes) is 1. The van der Waals surface area contributed by atoms with Crippen LogP contribution in [0.4, 0.5) is 4.79 Å². The van der Waals surface area contributed by atoms with Gasteiger partial charge in [-0.2, -0.15) is 0 Å². The fourth-order valence-corrected chi connectivity index (χ4v) is 7.18. The van der Waals surface area contributed by atoms with Crippen LogP contribution in [-0.4, -0.2) is 133 Å². The van der Waals surface area contributed by atoms with Crippen molar-refractivity contribution < 1.29 is 78.3 Å². The second-order valence-corrected chi connectivity index (χ2v) is 16.6. The first-order valence-electron chi connectivity index (χ1n) is 22.9. The molecule has 0 aliphatic rings. The van der Waals surface area contributed by atoms with E-state index in [4.69, 9.17) is 5.11 Å². The summed E-state index contributed by atoms with van der Waals surface area (Å²) in [4.78, 5) is 140. The molecule has 0 spiro atoms. The van der Waals surface area contributed by atoms with E-state index in [1.165, 1.54) is 48.8 Å². The normalized spacial score (nSPS) is 12.8. The largest absolute Gasteiger partial charge is 0.481 e. The van der Waals surface area contributed by atoms with E-state index in [9.17, 15) is 73.2 Å². The van der Waals surface area contributed by atoms with Crippen LogP contribution in [0.3, 0.4) is 0 Å². The fraction of sp³-hybridized carbons (Fsp3) is 0.347. The van der Waals surface area contributed by atoms with Crippen molar-refractivity contribution in [1.82, 2.24) is 42.2 Å². The standard InChI is InChI=1S/C49H56N8O16/c58-39(59)17-14-34(54-46(68)35(15-18-40(60)61)53-43(65)32-20-23-50-24-21-32)44(66)52-27-28-8-12-31(13-9-28)42(64)55-38(26-29-10-11-30-5-1-2-6-33(30)25-29)45(67)51-22-4-3-7-36(47(69)70)56-49(73)57-37(48(71)72)16-19-41(62)63/h1-2,5-6,8-13,20-21,23-25,34-38H,3-4,7,14-19,22,26-27H2,(H,51,67)(H,52,66)(H,53,65)(H,54,68)(H,55,64)(H,58,59)(H,60,61)(H,62,63)(H,69,70)(H,71,72)(H2,56,57,73). The van der Waals surface area contributed by atoms with Crippen LogP contribution in [0.25, 0.3) is 10.8 Å². The van der Waals surface area contributed by atoms with E-state index in [1.807, 2.05) is 42.5 Å². The molecular weight excluding hydrogens is 957 g/mol. The Kier molecular flexibility index (Phi) is 22.2. The number of carbonyl (C=O) groups is 11. The maximum Gasteiger partial charge on any atom is 0.326 e. The molecule has 388 valence electrons. The number of aliphatic carboxylic acids is 5. The van der Waals surface area contributed by atoms with Gasteiger partial charge in [-0.15, -0.1) is 0 Å². The number of rotatable bonds is 30. The van der Waals surface area contributed by atoms with Crippen LogP contribution in [0.5, 0.6) is 0 Å². The van der Waals surface area contributed by atoms with Crippen molar-refractivity contribution in [1.29, 1.82) is 0 Å². The van der Waals surface area contributed by atoms with Gasteiger partial charge in [0.2, 0.25) is 17.7 Å². The molecule has 0 bridgehead atoms. The molecule has 0 saturated heterocycles. The number of benzene rings is 3. The second kappa shape index (κ2) is 28.6. The highest BCUT2D eigenvalue weighted by Crippen LogP contribution is 2.18. The zero-order valence-electron chi connectivity index (χ0n) is 39.2. The van der Waals surface area contributed by atoms with Crippen molar-refractivity contribution >= 4 is 76.2 Å². The molecule has 0 aliphatic carbocycles. The number of fused-ring (bicyclic) bond motifs is 1. The monoisotopic (exact) mass is 1010 g/mol. The molecule has 1 aromatic heterocycles. The zero-order chi connectivity index (χ0) is 53.5. The minimum absolute atomic E-state index is 0.0349. The molecule has 1 heterocycles. The van der Waals surface area contributed by atoms with E-state index in [-0.39, 0.29) is 62.7 Å². The molecule has 0 radical (unpaired) electrons. The van der Waals surface area contributed by atoms with Crippen LogP contribution in [0.15, 0.2) is 91.3 Å². The van der Waals surface area contributed by atoms with E-state index >= 15 is 0 Å². The molecule has 0 aliphatic heterocycles. The third kappa shape index (κ3) is 19.8. The molecule has 24 heteroatoms. The number of amides is 7. The Morgan fingerprint density at radius 2 is 0.945 bits per heavy atom. The average Bonchev–Trinajstić information content (AvgIpc) is 3.36. The van der Waals surface area contributed by atoms with Gasteiger partial charge in [0.1, 0.15) is 30.2 Å². The second-order valence-electron chi connectivity index (χ2n) is 16.6. The van der Waals surface area contributed by atoms with Gasteiger partial charge >= 0.3 is 35.9 Å². The summed E-state index contributed by atoms with van der Waals surface area (Å²) >= 11 is 0. The third-order valence-electron chi connectivity index (χ3n) is 11.1. The Labute approximate surface area is 416 Å². The Morgan fingerprint density at radius 1 is 0.452 bits per heavy atom. The number of carbonyl (C=O) groups excluding carboxylic acids is 6. The van der Waals surface area contributed by atoms with Gasteiger partial charge in [0.25, 0.3) is 11.8 Å². The van der Waals surface area contributed by atoms with Crippen LogP contribution in [0.1, 0.15) is 89.6 Å². The van der Waals surface area contributed by atoms with Crippen LogP contribution < -0.4 is 37.2 Å². The van der Waals surface area contributed by atoms with Crippen LogP contribution in [0, 0.1) is 0 Å². The summed E-state index contributed by atoms with van der Waals surface area (Å²) in [5.41, 5.74) is 1.45. The molecule has 0 saturated carbocycles. The molecule has 4 aromatic rings. The van der Waals surface area contributed by atoms with Gasteiger partial charge in [0, 0.05) is 62.3 Å². The van der Waals surface area contributed by atoms with E-state index < -0.39 is 121 Å². The lowest BCUT2D eigenvalue weighted by molar-refractivity contribution is -0.141. The summed E-state index contributed by atoms with van der Waals surface area (Å²) in [6.07, 6.45) is 0.305. The first kappa shape index (κ1) is 56.6. The topological polar surface area (TPSA) is 386 Å². The minimum atomic E-state index is -1.57. The highest BCUT2D eigenvalue weighted by molar-refractivity contribution is 5.99. The van der Waals surface area contributed by atoms with Crippen molar-refractivity contribution in [3.63, 3.8) is 0 Å². The van der Waals surface area contributed by atoms with Crippen LogP contribution >= 0.6 is 0 Å². The van der Waals surface area contributed by atoms with Crippen molar-refractivity contribution in [2.24, 2.45) is 0 Å². The summed E-state index contributed by atoms with van der Waals surface area (Å²) in [6, 6.07) is 13.7. The summed E-state index contributed by atoms with van der Waals surface area (Å²) < 4.78 is 0. The summed E-state index contributed by atoms with van der Waals surface area (Å²) in [6.45, 7) is -0.113. The molecule has 3 aromatic carbocycles. The number of carboxylic acids is 5. The zero-order valence-corrected chi connectivity index (χ0v) is 39.2. The summed E-state index contributed by atoms with van der Waals surface area (Å²) in [7, 11) is 0. The summed E-state index contributed by atoms with van der Waals surface area (Å²) in [5, 5.41) is 65.4. The van der Waals surface area contributed by atoms with E-state index in [0.29, 0.717) is 5.56 Å². The number of nitrogens with zero attached hydrogens (tertiary/aromatic N) is 1. The van der Waals surface area contributed by atoms with Crippen molar-refractivity contribution in [2.45, 2.75) is 101 Å². The first-order chi connectivity index (χ1) is 34.8. The minimum Gasteiger partial charge on any atom is -0.481 e. The predicted molar refractivity (Wildman–Crippen MR) is 257 cm³/mol. The van der Waals surface area contributed by atoms with Crippen LogP contribution in [0.2, 0.25) is 0 Å². The smallest absolute Gasteiger partial charge is 0.326 e. The number of carboxylic acid groups (broad SMARTS) is 5. The molecule has 4 rings (SSSR count). The van der Waals surface area contributed by atoms with Crippen LogP contribution in [-0.2, 0) is 51.3 Å². The Morgan fingerprint density at radius 3 is 1.52 bits per heavy atom. The highest BCUT2D eigenvalue weighted by atomic mass is 16.4. The highest BCUT2D eigenvalue weighted by Gasteiger charge is 2.29. The van der Waals surface area contributed by atoms with Gasteiger partial charge in [0.15, 0.2) is 0 Å². The molecule has 12 N–H and O–H groups in total. The SMILES string of the molecule is O=C(O)CCC(NC(=O)NC(CCCCNC(=O)C(Cc1ccc2ccccc2c1)NC(=O)c1ccc(CNC(=O)C(CCC(=O)O)NC(=O)C(CCC(=O)O)NC(=O)c2ccncc2)cc1)C(=O)O)C(=O)O. The number of hydrogen-bond donors (Lipinski definition) is 12. The molecule has 24 nitrogen and oxygen atoms in total. The summed E-state index contributed by atoms with van der Waals surface area (Å²) in [5.74, 6) is -10.3. The number of nitrogens with one attached hydrogen (secondary N) is 7. The number of urea groups is 1. The molecule has 73 heavy (non-hydrogen) atoms. The van der Waals surface area contributed by atoms with Crippen molar-refractivity contribution in [3.8, 4) is 0 Å². The van der Waals surface area contributed by atoms with Crippen molar-refractivity contribution in [2.75, 3.05) is 6.54 Å². The first-order valence-corrected chi connectivity index (χ1v) is 22.9. The molecule has 7 amide bonds. The van der Waals surface area contributed by atoms with Gasteiger partial charge in [-0.25, -0.2) is 14.4 Å². The fourth-order valence-electron chi connectivity index (χ4n) is 7.18.